The summed E-state index contributed by atoms with van der Waals surface area (Å²) < 4.78 is 0. The highest BCUT2D eigenvalue weighted by Gasteiger charge is 2.35. The summed E-state index contributed by atoms with van der Waals surface area (Å²) in [6.07, 6.45) is -0.713. The largest absolute Gasteiger partial charge is 0.504 e. The summed E-state index contributed by atoms with van der Waals surface area (Å²) in [6.45, 7) is 0. The molecule has 0 radical (unpaired) electrons. The Kier molecular flexibility index (Phi) is 1.35. The van der Waals surface area contributed by atoms with Crippen molar-refractivity contribution in [1.82, 2.24) is 0 Å². The summed E-state index contributed by atoms with van der Waals surface area (Å²) in [5, 5.41) is 45.8. The molecule has 0 saturated carbocycles. The van der Waals surface area contributed by atoms with E-state index in [0.717, 1.165) is 0 Å². The first-order chi connectivity index (χ1) is 6.04. The minimum atomic E-state index is -0.882. The molecular weight excluding hydrogens is 176 g/mol. The van der Waals surface area contributed by atoms with Crippen LogP contribution in [-0.2, 0) is 6.42 Å². The molecule has 70 valence electrons. The highest BCUT2D eigenvalue weighted by molar-refractivity contribution is 5.68. The van der Waals surface area contributed by atoms with Crippen molar-refractivity contribution < 1.29 is 25.5 Å². The molecule has 0 aliphatic heterocycles. The molecule has 13 heavy (non-hydrogen) atoms. The predicted molar refractivity (Wildman–Crippen MR) is 41.8 cm³/mol. The number of aliphatic hydroxyl groups is 1. The van der Waals surface area contributed by atoms with E-state index in [1.165, 1.54) is 0 Å². The van der Waals surface area contributed by atoms with Crippen molar-refractivity contribution in [2.24, 2.45) is 0 Å². The van der Waals surface area contributed by atoms with Crippen LogP contribution in [0.1, 0.15) is 17.2 Å². The summed E-state index contributed by atoms with van der Waals surface area (Å²) in [7, 11) is 0. The minimum absolute atomic E-state index is 0.0906. The number of benzene rings is 1. The van der Waals surface area contributed by atoms with Crippen LogP contribution in [0.25, 0.3) is 0 Å². The molecule has 1 unspecified atom stereocenters. The van der Waals surface area contributed by atoms with Crippen molar-refractivity contribution in [3.8, 4) is 23.0 Å². The molecule has 0 amide bonds. The van der Waals surface area contributed by atoms with Gasteiger partial charge in [-0.05, 0) is 0 Å². The molecule has 0 fully saturated rings. The third kappa shape index (κ3) is 0.790. The maximum Gasteiger partial charge on any atom is 0.204 e. The van der Waals surface area contributed by atoms with Gasteiger partial charge in [-0.3, -0.25) is 0 Å². The second kappa shape index (κ2) is 2.20. The summed E-state index contributed by atoms with van der Waals surface area (Å²) in [6, 6.07) is 0. The number of aromatic hydroxyl groups is 4. The van der Waals surface area contributed by atoms with Gasteiger partial charge in [0.05, 0.1) is 6.10 Å². The van der Waals surface area contributed by atoms with Gasteiger partial charge in [0.15, 0.2) is 11.5 Å². The number of aliphatic hydroxyl groups excluding tert-OH is 1. The normalized spacial score (nSPS) is 19.3. The van der Waals surface area contributed by atoms with Gasteiger partial charge in [0, 0.05) is 17.5 Å². The third-order valence-electron chi connectivity index (χ3n) is 2.27. The first-order valence-corrected chi connectivity index (χ1v) is 3.70. The fourth-order valence-electron chi connectivity index (χ4n) is 1.50. The molecule has 1 aliphatic carbocycles. The fraction of sp³-hybridized carbons (Fsp3) is 0.250. The van der Waals surface area contributed by atoms with Crippen molar-refractivity contribution in [3.63, 3.8) is 0 Å². The van der Waals surface area contributed by atoms with Crippen molar-refractivity contribution >= 4 is 0 Å². The van der Waals surface area contributed by atoms with E-state index in [1.54, 1.807) is 0 Å². The molecule has 5 heteroatoms. The van der Waals surface area contributed by atoms with Crippen molar-refractivity contribution in [3.05, 3.63) is 11.1 Å². The minimum Gasteiger partial charge on any atom is -0.504 e. The topological polar surface area (TPSA) is 101 Å². The van der Waals surface area contributed by atoms with E-state index in [2.05, 4.69) is 0 Å². The van der Waals surface area contributed by atoms with E-state index in [9.17, 15) is 10.2 Å². The summed E-state index contributed by atoms with van der Waals surface area (Å²) >= 11 is 0. The Labute approximate surface area is 73.1 Å². The van der Waals surface area contributed by atoms with E-state index in [1.807, 2.05) is 0 Å². The molecule has 1 aliphatic rings. The van der Waals surface area contributed by atoms with Gasteiger partial charge in [-0.25, -0.2) is 0 Å². The number of hydrogen-bond donors (Lipinski definition) is 5. The van der Waals surface area contributed by atoms with Gasteiger partial charge < -0.3 is 25.5 Å². The Morgan fingerprint density at radius 3 is 1.92 bits per heavy atom. The Morgan fingerprint density at radius 1 is 0.846 bits per heavy atom. The van der Waals surface area contributed by atoms with Crippen LogP contribution in [0.15, 0.2) is 0 Å². The van der Waals surface area contributed by atoms with Gasteiger partial charge in [0.1, 0.15) is 0 Å². The monoisotopic (exact) mass is 184 g/mol. The molecule has 0 bridgehead atoms. The smallest absolute Gasteiger partial charge is 0.204 e. The number of rotatable bonds is 0. The van der Waals surface area contributed by atoms with Crippen molar-refractivity contribution in [2.75, 3.05) is 0 Å². The molecule has 0 aromatic heterocycles. The summed E-state index contributed by atoms with van der Waals surface area (Å²) in [5.41, 5.74) is 0.369. The van der Waals surface area contributed by atoms with Gasteiger partial charge in [-0.1, -0.05) is 0 Å². The maximum absolute atomic E-state index is 9.23. The zero-order valence-electron chi connectivity index (χ0n) is 6.52. The number of hydrogen-bond acceptors (Lipinski definition) is 5. The molecule has 0 saturated heterocycles. The second-order valence-electron chi connectivity index (χ2n) is 3.01. The zero-order valence-corrected chi connectivity index (χ0v) is 6.52. The van der Waals surface area contributed by atoms with E-state index < -0.39 is 29.1 Å². The van der Waals surface area contributed by atoms with Crippen molar-refractivity contribution in [1.29, 1.82) is 0 Å². The van der Waals surface area contributed by atoms with E-state index >= 15 is 0 Å². The Morgan fingerprint density at radius 2 is 1.38 bits per heavy atom. The van der Waals surface area contributed by atoms with Crippen LogP contribution < -0.4 is 0 Å². The van der Waals surface area contributed by atoms with E-state index in [0.29, 0.717) is 0 Å². The Balaban J connectivity index is 2.75. The molecule has 1 aromatic carbocycles. The number of phenols is 4. The molecule has 5 N–H and O–H groups in total. The van der Waals surface area contributed by atoms with Crippen LogP contribution in [-0.4, -0.2) is 25.5 Å². The van der Waals surface area contributed by atoms with E-state index in [-0.39, 0.29) is 17.5 Å². The lowest BCUT2D eigenvalue weighted by molar-refractivity contribution is 0.144. The van der Waals surface area contributed by atoms with Gasteiger partial charge in [0.2, 0.25) is 11.5 Å². The molecule has 5 nitrogen and oxygen atoms in total. The Hall–Kier alpha value is -1.62. The Bertz CT molecular complexity index is 362. The van der Waals surface area contributed by atoms with Crippen molar-refractivity contribution in [2.45, 2.75) is 12.5 Å². The number of phenolic OH excluding ortho intramolecular Hbond substituents is 4. The SMILES string of the molecule is Oc1c(O)c(O)c2c(c1O)CC2O. The maximum atomic E-state index is 9.23. The first-order valence-electron chi connectivity index (χ1n) is 3.70. The van der Waals surface area contributed by atoms with Crippen LogP contribution in [0, 0.1) is 0 Å². The standard InChI is InChI=1S/C8H8O5/c9-3-1-2-4(3)6(11)8(13)7(12)5(2)10/h3,9-13H,1H2. The van der Waals surface area contributed by atoms with Crippen LogP contribution >= 0.6 is 0 Å². The molecular formula is C8H8O5. The van der Waals surface area contributed by atoms with Gasteiger partial charge in [0.25, 0.3) is 0 Å². The van der Waals surface area contributed by atoms with Crippen LogP contribution in [0.5, 0.6) is 23.0 Å². The average Bonchev–Trinajstić information content (AvgIpc) is 2.08. The predicted octanol–water partition coefficient (Wildman–Crippen LogP) is 0.0985. The molecule has 0 spiro atoms. The molecule has 0 heterocycles. The quantitative estimate of drug-likeness (QED) is 0.291. The summed E-state index contributed by atoms with van der Waals surface area (Å²) in [4.78, 5) is 0. The fourth-order valence-corrected chi connectivity index (χ4v) is 1.50. The molecule has 2 rings (SSSR count). The second-order valence-corrected chi connectivity index (χ2v) is 3.01. The highest BCUT2D eigenvalue weighted by Crippen LogP contribution is 2.54. The van der Waals surface area contributed by atoms with Gasteiger partial charge in [-0.2, -0.15) is 0 Å². The van der Waals surface area contributed by atoms with Crippen LogP contribution in [0.2, 0.25) is 0 Å². The molecule has 1 atom stereocenters. The van der Waals surface area contributed by atoms with Crippen LogP contribution in [0.3, 0.4) is 0 Å². The van der Waals surface area contributed by atoms with E-state index in [4.69, 9.17) is 15.3 Å². The first kappa shape index (κ1) is 8.00. The lowest BCUT2D eigenvalue weighted by atomic mass is 9.83. The number of fused-ring (bicyclic) bond motifs is 1. The average molecular weight is 184 g/mol. The lowest BCUT2D eigenvalue weighted by Gasteiger charge is -2.28. The summed E-state index contributed by atoms with van der Waals surface area (Å²) in [5.74, 6) is -2.59. The van der Waals surface area contributed by atoms with Gasteiger partial charge in [-0.15, -0.1) is 0 Å². The van der Waals surface area contributed by atoms with Gasteiger partial charge >= 0.3 is 0 Å². The molecule has 1 aromatic rings. The zero-order chi connectivity index (χ0) is 9.75. The highest BCUT2D eigenvalue weighted by atomic mass is 16.3. The third-order valence-corrected chi connectivity index (χ3v) is 2.27. The lowest BCUT2D eigenvalue weighted by Crippen LogP contribution is -2.16. The van der Waals surface area contributed by atoms with Crippen LogP contribution in [0.4, 0.5) is 0 Å².